The number of benzene rings is 2. The molecule has 2 amide bonds. The standard InChI is InChI=1S/C27H28FN5O2/c1-14-21(15(2)33(32-14)13-16-6-8-17(9-7-16)27(3,4)5)23-22(25(29)34)19-11-10-18(28)12-20(19)31-24(23)26(30)35/h6-12H,13H2,1-5H3,(H2,29,34)(H2,30,35). The van der Waals surface area contributed by atoms with Crippen LogP contribution in [0.5, 0.6) is 0 Å². The van der Waals surface area contributed by atoms with Crippen molar-refractivity contribution in [1.82, 2.24) is 14.8 Å². The summed E-state index contributed by atoms with van der Waals surface area (Å²) in [4.78, 5) is 29.3. The molecule has 0 unspecified atom stereocenters. The molecule has 0 radical (unpaired) electrons. The van der Waals surface area contributed by atoms with Crippen molar-refractivity contribution in [3.63, 3.8) is 0 Å². The van der Waals surface area contributed by atoms with Crippen LogP contribution in [0.3, 0.4) is 0 Å². The zero-order valence-electron chi connectivity index (χ0n) is 20.4. The number of aryl methyl sites for hydroxylation is 1. The van der Waals surface area contributed by atoms with Gasteiger partial charge in [0.15, 0.2) is 0 Å². The lowest BCUT2D eigenvalue weighted by atomic mass is 9.87. The summed E-state index contributed by atoms with van der Waals surface area (Å²) in [5.74, 6) is -2.18. The minimum Gasteiger partial charge on any atom is -0.366 e. The summed E-state index contributed by atoms with van der Waals surface area (Å²) < 4.78 is 15.7. The van der Waals surface area contributed by atoms with Crippen molar-refractivity contribution in [2.45, 2.75) is 46.6 Å². The van der Waals surface area contributed by atoms with E-state index in [4.69, 9.17) is 11.5 Å². The van der Waals surface area contributed by atoms with Crippen LogP contribution in [-0.4, -0.2) is 26.6 Å². The van der Waals surface area contributed by atoms with Gasteiger partial charge in [-0.3, -0.25) is 14.3 Å². The van der Waals surface area contributed by atoms with Gasteiger partial charge in [-0.05, 0) is 42.5 Å². The van der Waals surface area contributed by atoms with E-state index in [1.165, 1.54) is 17.7 Å². The van der Waals surface area contributed by atoms with Gasteiger partial charge >= 0.3 is 0 Å². The number of primary amides is 2. The number of fused-ring (bicyclic) bond motifs is 1. The molecule has 35 heavy (non-hydrogen) atoms. The molecule has 4 aromatic rings. The van der Waals surface area contributed by atoms with Gasteiger partial charge in [0.1, 0.15) is 11.5 Å². The molecular weight excluding hydrogens is 445 g/mol. The lowest BCUT2D eigenvalue weighted by Crippen LogP contribution is -2.21. The van der Waals surface area contributed by atoms with E-state index in [9.17, 15) is 14.0 Å². The van der Waals surface area contributed by atoms with Crippen LogP contribution >= 0.6 is 0 Å². The van der Waals surface area contributed by atoms with Crippen molar-refractivity contribution in [2.24, 2.45) is 11.5 Å². The Morgan fingerprint density at radius 2 is 1.63 bits per heavy atom. The first-order valence-electron chi connectivity index (χ1n) is 11.2. The minimum atomic E-state index is -0.849. The molecule has 8 heteroatoms. The maximum absolute atomic E-state index is 13.9. The number of hydrogen-bond donors (Lipinski definition) is 2. The van der Waals surface area contributed by atoms with Crippen LogP contribution in [0, 0.1) is 19.7 Å². The molecule has 0 aliphatic rings. The smallest absolute Gasteiger partial charge is 0.267 e. The van der Waals surface area contributed by atoms with E-state index < -0.39 is 17.6 Å². The predicted octanol–water partition coefficient (Wildman–Crippen LogP) is 4.40. The number of carbonyl (C=O) groups is 2. The Bertz CT molecular complexity index is 1480. The highest BCUT2D eigenvalue weighted by Gasteiger charge is 2.28. The molecule has 0 bridgehead atoms. The second kappa shape index (κ2) is 8.61. The van der Waals surface area contributed by atoms with Crippen LogP contribution in [0.1, 0.15) is 64.1 Å². The van der Waals surface area contributed by atoms with Crippen molar-refractivity contribution in [1.29, 1.82) is 0 Å². The molecule has 0 spiro atoms. The molecule has 2 aromatic carbocycles. The van der Waals surface area contributed by atoms with Crippen molar-refractivity contribution >= 4 is 22.7 Å². The summed E-state index contributed by atoms with van der Waals surface area (Å²) in [6, 6.07) is 12.1. The Hall–Kier alpha value is -4.07. The van der Waals surface area contributed by atoms with E-state index >= 15 is 0 Å². The summed E-state index contributed by atoms with van der Waals surface area (Å²) in [5, 5.41) is 5.01. The second-order valence-electron chi connectivity index (χ2n) is 9.75. The lowest BCUT2D eigenvalue weighted by molar-refractivity contribution is 0.0996. The Kier molecular flexibility index (Phi) is 5.92. The molecule has 4 rings (SSSR count). The topological polar surface area (TPSA) is 117 Å². The molecule has 0 aliphatic heterocycles. The number of nitrogens with zero attached hydrogens (tertiary/aromatic N) is 3. The third-order valence-corrected chi connectivity index (χ3v) is 6.21. The van der Waals surface area contributed by atoms with Gasteiger partial charge in [-0.15, -0.1) is 0 Å². The molecule has 180 valence electrons. The quantitative estimate of drug-likeness (QED) is 0.447. The number of hydrogen-bond acceptors (Lipinski definition) is 4. The van der Waals surface area contributed by atoms with Crippen molar-refractivity contribution in [2.75, 3.05) is 0 Å². The number of amides is 2. The molecule has 0 saturated carbocycles. The number of pyridine rings is 1. The van der Waals surface area contributed by atoms with Crippen LogP contribution in [0.25, 0.3) is 22.0 Å². The maximum atomic E-state index is 13.9. The molecule has 4 N–H and O–H groups in total. The van der Waals surface area contributed by atoms with Gasteiger partial charge < -0.3 is 11.5 Å². The second-order valence-corrected chi connectivity index (χ2v) is 9.75. The average molecular weight is 474 g/mol. The number of halogens is 1. The molecule has 2 heterocycles. The lowest BCUT2D eigenvalue weighted by Gasteiger charge is -2.19. The van der Waals surface area contributed by atoms with Gasteiger partial charge in [-0.2, -0.15) is 5.10 Å². The molecule has 0 aliphatic carbocycles. The fraction of sp³-hybridized carbons (Fsp3) is 0.259. The van der Waals surface area contributed by atoms with Gasteiger partial charge in [0.25, 0.3) is 5.91 Å². The summed E-state index contributed by atoms with van der Waals surface area (Å²) in [6.07, 6.45) is 0. The third-order valence-electron chi connectivity index (χ3n) is 6.21. The Morgan fingerprint density at radius 1 is 0.971 bits per heavy atom. The number of carbonyl (C=O) groups excluding carboxylic acids is 2. The van der Waals surface area contributed by atoms with E-state index in [1.54, 1.807) is 11.6 Å². The van der Waals surface area contributed by atoms with Gasteiger partial charge in [0, 0.05) is 28.3 Å². The SMILES string of the molecule is Cc1nn(Cc2ccc(C(C)(C)C)cc2)c(C)c1-c1c(C(N)=O)nc2cc(F)ccc2c1C(N)=O. The first-order chi connectivity index (χ1) is 16.4. The van der Waals surface area contributed by atoms with E-state index in [0.717, 1.165) is 17.3 Å². The van der Waals surface area contributed by atoms with Gasteiger partial charge in [0.05, 0.1) is 23.3 Å². The Balaban J connectivity index is 1.90. The molecule has 2 aromatic heterocycles. The van der Waals surface area contributed by atoms with Gasteiger partial charge in [-0.1, -0.05) is 45.0 Å². The van der Waals surface area contributed by atoms with Crippen molar-refractivity contribution < 1.29 is 14.0 Å². The van der Waals surface area contributed by atoms with E-state index in [1.807, 2.05) is 6.92 Å². The predicted molar refractivity (Wildman–Crippen MR) is 134 cm³/mol. The number of aromatic nitrogens is 3. The van der Waals surface area contributed by atoms with Crippen LogP contribution in [0.15, 0.2) is 42.5 Å². The maximum Gasteiger partial charge on any atom is 0.267 e. The molecule has 0 fully saturated rings. The summed E-state index contributed by atoms with van der Waals surface area (Å²) >= 11 is 0. The monoisotopic (exact) mass is 473 g/mol. The van der Waals surface area contributed by atoms with E-state index in [-0.39, 0.29) is 27.8 Å². The van der Waals surface area contributed by atoms with Crippen LogP contribution < -0.4 is 11.5 Å². The normalized spacial score (nSPS) is 11.7. The zero-order chi connectivity index (χ0) is 25.7. The van der Waals surface area contributed by atoms with Crippen LogP contribution in [-0.2, 0) is 12.0 Å². The minimum absolute atomic E-state index is 0.0478. The molecule has 0 atom stereocenters. The zero-order valence-corrected chi connectivity index (χ0v) is 20.4. The highest BCUT2D eigenvalue weighted by Crippen LogP contribution is 2.36. The average Bonchev–Trinajstić information content (AvgIpc) is 3.04. The van der Waals surface area contributed by atoms with Crippen LogP contribution in [0.4, 0.5) is 4.39 Å². The molecule has 7 nitrogen and oxygen atoms in total. The fourth-order valence-electron chi connectivity index (χ4n) is 4.41. The van der Waals surface area contributed by atoms with Gasteiger partial charge in [0.2, 0.25) is 5.91 Å². The Morgan fingerprint density at radius 3 is 2.20 bits per heavy atom. The summed E-state index contributed by atoms with van der Waals surface area (Å²) in [7, 11) is 0. The molecule has 0 saturated heterocycles. The van der Waals surface area contributed by atoms with Crippen molar-refractivity contribution in [3.05, 3.63) is 82.1 Å². The first-order valence-corrected chi connectivity index (χ1v) is 11.2. The molecular formula is C27H28FN5O2. The fourth-order valence-corrected chi connectivity index (χ4v) is 4.41. The number of rotatable bonds is 5. The number of nitrogens with two attached hydrogens (primary N) is 2. The summed E-state index contributed by atoms with van der Waals surface area (Å²) in [5.41, 5.74) is 15.8. The van der Waals surface area contributed by atoms with Gasteiger partial charge in [-0.25, -0.2) is 9.37 Å². The van der Waals surface area contributed by atoms with E-state index in [2.05, 4.69) is 55.1 Å². The first kappa shape index (κ1) is 24.1. The Labute approximate surface area is 203 Å². The van der Waals surface area contributed by atoms with E-state index in [0.29, 0.717) is 23.2 Å². The van der Waals surface area contributed by atoms with Crippen molar-refractivity contribution in [3.8, 4) is 11.1 Å². The largest absolute Gasteiger partial charge is 0.366 e. The third kappa shape index (κ3) is 4.39. The highest BCUT2D eigenvalue weighted by molar-refractivity contribution is 6.15. The van der Waals surface area contributed by atoms with Crippen LogP contribution in [0.2, 0.25) is 0 Å². The summed E-state index contributed by atoms with van der Waals surface area (Å²) in [6.45, 7) is 10.6. The highest BCUT2D eigenvalue weighted by atomic mass is 19.1.